The fraction of sp³-hybridized carbons (Fsp3) is 0.263. The summed E-state index contributed by atoms with van der Waals surface area (Å²) in [5.74, 6) is 1.36. The number of hydrogen-bond acceptors (Lipinski definition) is 6. The Balaban J connectivity index is 1.52. The van der Waals surface area contributed by atoms with Gasteiger partial charge < -0.3 is 14.4 Å². The summed E-state index contributed by atoms with van der Waals surface area (Å²) in [6, 6.07) is 15.0. The molecule has 1 aromatic heterocycles. The van der Waals surface area contributed by atoms with Crippen molar-refractivity contribution in [2.75, 3.05) is 13.8 Å². The minimum Gasteiger partial charge on any atom is -0.454 e. The summed E-state index contributed by atoms with van der Waals surface area (Å²) in [6.07, 6.45) is 1.98. The molecule has 1 aliphatic heterocycles. The van der Waals surface area contributed by atoms with Crippen molar-refractivity contribution in [1.82, 2.24) is 25.1 Å². The number of rotatable bonds is 6. The number of aromatic nitrogens is 4. The summed E-state index contributed by atoms with van der Waals surface area (Å²) in [5.41, 5.74) is 2.01. The Kier molecular flexibility index (Phi) is 4.69. The lowest BCUT2D eigenvalue weighted by atomic mass is 10.0. The maximum atomic E-state index is 13.1. The quantitative estimate of drug-likeness (QED) is 0.663. The number of nitrogens with zero attached hydrogens (tertiary/aromatic N) is 5. The second kappa shape index (κ2) is 7.45. The van der Waals surface area contributed by atoms with E-state index in [2.05, 4.69) is 15.5 Å². The molecule has 1 aliphatic rings. The molecular weight excluding hydrogens is 346 g/mol. The molecule has 0 saturated carbocycles. The van der Waals surface area contributed by atoms with E-state index in [9.17, 15) is 4.79 Å². The molecule has 8 nitrogen and oxygen atoms in total. The van der Waals surface area contributed by atoms with Crippen molar-refractivity contribution in [3.8, 4) is 11.5 Å². The first-order valence-electron chi connectivity index (χ1n) is 8.60. The second-order valence-corrected chi connectivity index (χ2v) is 6.38. The van der Waals surface area contributed by atoms with Crippen LogP contribution < -0.4 is 9.47 Å². The van der Waals surface area contributed by atoms with E-state index in [0.29, 0.717) is 18.7 Å². The second-order valence-electron chi connectivity index (χ2n) is 6.38. The zero-order valence-corrected chi connectivity index (χ0v) is 14.9. The summed E-state index contributed by atoms with van der Waals surface area (Å²) in [6.45, 7) is 0.675. The molecule has 0 saturated heterocycles. The smallest absolute Gasteiger partial charge is 0.247 e. The van der Waals surface area contributed by atoms with Crippen LogP contribution >= 0.6 is 0 Å². The molecule has 1 amide bonds. The average Bonchev–Trinajstić information content (AvgIpc) is 3.38. The molecule has 0 fully saturated rings. The third-order valence-electron chi connectivity index (χ3n) is 4.47. The Morgan fingerprint density at radius 1 is 1.15 bits per heavy atom. The minimum atomic E-state index is -0.513. The minimum absolute atomic E-state index is 0.0659. The maximum Gasteiger partial charge on any atom is 0.247 e. The molecule has 0 aliphatic carbocycles. The third kappa shape index (κ3) is 3.74. The molecule has 0 spiro atoms. The first-order valence-corrected chi connectivity index (χ1v) is 8.60. The van der Waals surface area contributed by atoms with E-state index in [-0.39, 0.29) is 12.7 Å². The van der Waals surface area contributed by atoms with E-state index in [1.54, 1.807) is 11.9 Å². The first kappa shape index (κ1) is 17.0. The van der Waals surface area contributed by atoms with Crippen molar-refractivity contribution in [3.05, 3.63) is 66.0 Å². The number of hydrogen-bond donors (Lipinski definition) is 0. The fourth-order valence-electron chi connectivity index (χ4n) is 3.09. The van der Waals surface area contributed by atoms with E-state index < -0.39 is 6.04 Å². The lowest BCUT2D eigenvalue weighted by molar-refractivity contribution is -0.134. The summed E-state index contributed by atoms with van der Waals surface area (Å²) in [7, 11) is 1.77. The molecule has 4 rings (SSSR count). The number of likely N-dealkylation sites (N-methyl/N-ethyl adjacent to an activating group) is 1. The highest BCUT2D eigenvalue weighted by molar-refractivity contribution is 5.80. The number of amides is 1. The highest BCUT2D eigenvalue weighted by Crippen LogP contribution is 2.32. The molecule has 2 heterocycles. The maximum absolute atomic E-state index is 13.1. The van der Waals surface area contributed by atoms with Crippen molar-refractivity contribution in [2.45, 2.75) is 19.0 Å². The van der Waals surface area contributed by atoms with Crippen LogP contribution in [0.25, 0.3) is 0 Å². The van der Waals surface area contributed by atoms with Gasteiger partial charge in [0.1, 0.15) is 12.4 Å². The Morgan fingerprint density at radius 3 is 2.74 bits per heavy atom. The predicted molar refractivity (Wildman–Crippen MR) is 96.0 cm³/mol. The van der Waals surface area contributed by atoms with E-state index in [1.165, 1.54) is 11.0 Å². The number of carbonyl (C=O) groups excluding carboxylic acids is 1. The lowest BCUT2D eigenvalue weighted by Gasteiger charge is -2.23. The van der Waals surface area contributed by atoms with Crippen LogP contribution in [0.2, 0.25) is 0 Å². The van der Waals surface area contributed by atoms with E-state index in [1.807, 2.05) is 48.5 Å². The number of ether oxygens (including phenoxy) is 2. The van der Waals surface area contributed by atoms with Gasteiger partial charge in [-0.3, -0.25) is 4.79 Å². The molecule has 3 aromatic rings. The van der Waals surface area contributed by atoms with Gasteiger partial charge >= 0.3 is 0 Å². The molecule has 2 aromatic carbocycles. The Labute approximate surface area is 156 Å². The molecule has 0 N–H and O–H groups in total. The van der Waals surface area contributed by atoms with Gasteiger partial charge in [0, 0.05) is 20.0 Å². The van der Waals surface area contributed by atoms with Crippen molar-refractivity contribution in [1.29, 1.82) is 0 Å². The van der Waals surface area contributed by atoms with Crippen LogP contribution in [0.1, 0.15) is 17.2 Å². The van der Waals surface area contributed by atoms with Crippen LogP contribution in [0.4, 0.5) is 0 Å². The molecule has 8 heteroatoms. The van der Waals surface area contributed by atoms with Crippen LogP contribution in [0.3, 0.4) is 0 Å². The van der Waals surface area contributed by atoms with Gasteiger partial charge in [-0.2, -0.15) is 0 Å². The topological polar surface area (TPSA) is 82.4 Å². The molecule has 1 atom stereocenters. The van der Waals surface area contributed by atoms with Crippen LogP contribution in [0.15, 0.2) is 54.9 Å². The van der Waals surface area contributed by atoms with Gasteiger partial charge in [-0.15, -0.1) is 5.10 Å². The highest BCUT2D eigenvalue weighted by Gasteiger charge is 2.26. The van der Waals surface area contributed by atoms with E-state index in [4.69, 9.17) is 9.47 Å². The van der Waals surface area contributed by atoms with Gasteiger partial charge in [0.05, 0.1) is 0 Å². The van der Waals surface area contributed by atoms with Gasteiger partial charge in [-0.25, -0.2) is 4.68 Å². The number of fused-ring (bicyclic) bond motifs is 1. The summed E-state index contributed by atoms with van der Waals surface area (Å²) in [5, 5.41) is 11.3. The summed E-state index contributed by atoms with van der Waals surface area (Å²) < 4.78 is 12.2. The molecular formula is C19H19N5O3. The monoisotopic (exact) mass is 365 g/mol. The number of tetrazole rings is 1. The zero-order chi connectivity index (χ0) is 18.6. The molecule has 27 heavy (non-hydrogen) atoms. The first-order chi connectivity index (χ1) is 13.2. The van der Waals surface area contributed by atoms with Crippen LogP contribution in [-0.2, 0) is 17.8 Å². The Bertz CT molecular complexity index is 914. The number of carbonyl (C=O) groups is 1. The predicted octanol–water partition coefficient (Wildman–Crippen LogP) is 1.84. The standard InChI is InChI=1S/C19H19N5O3/c1-23(11-15-7-8-17-18(10-15)27-13-26-17)19(25)16(24-12-20-21-22-24)9-14-5-3-2-4-6-14/h2-8,10,12,16H,9,11,13H2,1H3. The lowest BCUT2D eigenvalue weighted by Crippen LogP contribution is -2.35. The van der Waals surface area contributed by atoms with Gasteiger partial charge in [0.15, 0.2) is 11.5 Å². The zero-order valence-electron chi connectivity index (χ0n) is 14.9. The van der Waals surface area contributed by atoms with Crippen LogP contribution in [0, 0.1) is 0 Å². The van der Waals surface area contributed by atoms with Crippen LogP contribution in [0.5, 0.6) is 11.5 Å². The SMILES string of the molecule is CN(Cc1ccc2c(c1)OCO2)C(=O)C(Cc1ccccc1)n1cnnn1. The largest absolute Gasteiger partial charge is 0.454 e. The fourth-order valence-corrected chi connectivity index (χ4v) is 3.09. The van der Waals surface area contributed by atoms with E-state index >= 15 is 0 Å². The van der Waals surface area contributed by atoms with Crippen molar-refractivity contribution in [2.24, 2.45) is 0 Å². The Morgan fingerprint density at radius 2 is 1.96 bits per heavy atom. The highest BCUT2D eigenvalue weighted by atomic mass is 16.7. The summed E-state index contributed by atoms with van der Waals surface area (Å²) >= 11 is 0. The van der Waals surface area contributed by atoms with Crippen molar-refractivity contribution in [3.63, 3.8) is 0 Å². The van der Waals surface area contributed by atoms with Crippen LogP contribution in [-0.4, -0.2) is 44.9 Å². The molecule has 0 bridgehead atoms. The summed E-state index contributed by atoms with van der Waals surface area (Å²) in [4.78, 5) is 14.8. The number of benzene rings is 2. The molecule has 0 radical (unpaired) electrons. The van der Waals surface area contributed by atoms with Gasteiger partial charge in [0.25, 0.3) is 0 Å². The van der Waals surface area contributed by atoms with E-state index in [0.717, 1.165) is 16.9 Å². The van der Waals surface area contributed by atoms with Crippen molar-refractivity contribution >= 4 is 5.91 Å². The third-order valence-corrected chi connectivity index (χ3v) is 4.47. The molecule has 138 valence electrons. The molecule has 1 unspecified atom stereocenters. The Hall–Kier alpha value is -3.42. The average molecular weight is 365 g/mol. The van der Waals surface area contributed by atoms with Gasteiger partial charge in [0.2, 0.25) is 12.7 Å². The van der Waals surface area contributed by atoms with Gasteiger partial charge in [-0.1, -0.05) is 36.4 Å². The normalized spacial score (nSPS) is 13.4. The van der Waals surface area contributed by atoms with Gasteiger partial charge in [-0.05, 0) is 33.7 Å². The van der Waals surface area contributed by atoms with Crippen molar-refractivity contribution < 1.29 is 14.3 Å².